The average molecular weight is 386 g/mol. The molecule has 6 heteroatoms. The summed E-state index contributed by atoms with van der Waals surface area (Å²) in [6.07, 6.45) is 1.02. The van der Waals surface area contributed by atoms with Crippen LogP contribution < -0.4 is 14.8 Å². The summed E-state index contributed by atoms with van der Waals surface area (Å²) in [6.45, 7) is 7.05. The maximum Gasteiger partial charge on any atom is 0.190 e. The molecule has 0 fully saturated rings. The third-order valence-corrected chi connectivity index (χ3v) is 5.45. The standard InChI is InChI=1S/C20H24ClO3P.Li/c1-13(2)10-11-24-15-8-9-18(14(3)12-15)25-20(22)19-16(21)6-5-7-17(19)23-4;/h5-9,12-13,25H,10-11H2,1-4H3;. The maximum absolute atomic E-state index is 12.7. The first-order valence-corrected chi connectivity index (χ1v) is 9.67. The van der Waals surface area contributed by atoms with Crippen LogP contribution in [0.4, 0.5) is 0 Å². The molecule has 1 radical (unpaired) electrons. The van der Waals surface area contributed by atoms with Crippen LogP contribution in [-0.4, -0.2) is 38.1 Å². The van der Waals surface area contributed by atoms with Gasteiger partial charge in [-0.1, -0.05) is 37.6 Å². The Morgan fingerprint density at radius 3 is 2.58 bits per heavy atom. The van der Waals surface area contributed by atoms with Crippen LogP contribution in [0.5, 0.6) is 11.5 Å². The van der Waals surface area contributed by atoms with Gasteiger partial charge in [0.1, 0.15) is 11.5 Å². The summed E-state index contributed by atoms with van der Waals surface area (Å²) in [5, 5.41) is 1.41. The van der Waals surface area contributed by atoms with E-state index < -0.39 is 0 Å². The van der Waals surface area contributed by atoms with Crippen molar-refractivity contribution >= 4 is 49.9 Å². The van der Waals surface area contributed by atoms with Crippen molar-refractivity contribution in [3.63, 3.8) is 0 Å². The molecule has 1 atom stereocenters. The van der Waals surface area contributed by atoms with Gasteiger partial charge in [0.2, 0.25) is 0 Å². The van der Waals surface area contributed by atoms with Gasteiger partial charge in [-0.05, 0) is 63.0 Å². The Labute approximate surface area is 174 Å². The normalized spacial score (nSPS) is 10.8. The van der Waals surface area contributed by atoms with Crippen molar-refractivity contribution in [2.24, 2.45) is 5.92 Å². The van der Waals surface area contributed by atoms with Crippen LogP contribution in [-0.2, 0) is 0 Å². The Morgan fingerprint density at radius 1 is 1.23 bits per heavy atom. The van der Waals surface area contributed by atoms with Crippen LogP contribution in [0.3, 0.4) is 0 Å². The number of halogens is 1. The molecule has 26 heavy (non-hydrogen) atoms. The summed E-state index contributed by atoms with van der Waals surface area (Å²) in [4.78, 5) is 12.7. The van der Waals surface area contributed by atoms with Gasteiger partial charge in [0, 0.05) is 18.9 Å². The van der Waals surface area contributed by atoms with Crippen LogP contribution in [0.2, 0.25) is 5.02 Å². The Hall–Kier alpha value is -0.973. The molecule has 0 heterocycles. The number of ether oxygens (including phenoxy) is 2. The predicted octanol–water partition coefficient (Wildman–Crippen LogP) is 4.85. The Bertz CT molecular complexity index is 750. The van der Waals surface area contributed by atoms with E-state index in [1.165, 1.54) is 0 Å². The molecule has 0 aromatic heterocycles. The number of carbonyl (C=O) groups excluding carboxylic acids is 1. The second-order valence-electron chi connectivity index (χ2n) is 6.28. The number of methoxy groups -OCH3 is 1. The van der Waals surface area contributed by atoms with E-state index in [0.717, 1.165) is 23.0 Å². The van der Waals surface area contributed by atoms with Crippen LogP contribution in [0.1, 0.15) is 36.2 Å². The summed E-state index contributed by atoms with van der Waals surface area (Å²) in [7, 11) is 1.53. The summed E-state index contributed by atoms with van der Waals surface area (Å²) >= 11 is 6.20. The van der Waals surface area contributed by atoms with Crippen molar-refractivity contribution in [3.05, 3.63) is 52.5 Å². The topological polar surface area (TPSA) is 35.5 Å². The minimum atomic E-state index is -0.0287. The largest absolute Gasteiger partial charge is 0.496 e. The molecule has 1 unspecified atom stereocenters. The molecule has 3 nitrogen and oxygen atoms in total. The van der Waals surface area contributed by atoms with E-state index in [2.05, 4.69) is 13.8 Å². The van der Waals surface area contributed by atoms with E-state index >= 15 is 0 Å². The zero-order valence-corrected chi connectivity index (χ0v) is 17.8. The second kappa shape index (κ2) is 11.0. The van der Waals surface area contributed by atoms with Crippen molar-refractivity contribution < 1.29 is 14.3 Å². The van der Waals surface area contributed by atoms with Gasteiger partial charge in [-0.3, -0.25) is 4.79 Å². The van der Waals surface area contributed by atoms with Crippen molar-refractivity contribution in [3.8, 4) is 11.5 Å². The van der Waals surface area contributed by atoms with E-state index in [1.54, 1.807) is 25.3 Å². The van der Waals surface area contributed by atoms with Crippen LogP contribution in [0.15, 0.2) is 36.4 Å². The van der Waals surface area contributed by atoms with Crippen molar-refractivity contribution in [1.29, 1.82) is 0 Å². The van der Waals surface area contributed by atoms with E-state index in [9.17, 15) is 4.79 Å². The summed E-state index contributed by atoms with van der Waals surface area (Å²) in [5.74, 6) is 1.97. The zero-order valence-electron chi connectivity index (χ0n) is 16.1. The molecule has 0 aliphatic heterocycles. The first-order valence-electron chi connectivity index (χ1n) is 8.29. The fourth-order valence-electron chi connectivity index (χ4n) is 2.36. The number of benzene rings is 2. The van der Waals surface area contributed by atoms with Gasteiger partial charge in [0.15, 0.2) is 5.52 Å². The fraction of sp³-hybridized carbons (Fsp3) is 0.350. The zero-order chi connectivity index (χ0) is 18.4. The first-order chi connectivity index (χ1) is 11.9. The maximum atomic E-state index is 12.7. The van der Waals surface area contributed by atoms with Crippen LogP contribution in [0, 0.1) is 12.8 Å². The van der Waals surface area contributed by atoms with Gasteiger partial charge in [-0.2, -0.15) is 0 Å². The van der Waals surface area contributed by atoms with Gasteiger partial charge in [-0.15, -0.1) is 0 Å². The first kappa shape index (κ1) is 23.1. The van der Waals surface area contributed by atoms with Gasteiger partial charge < -0.3 is 9.47 Å². The van der Waals surface area contributed by atoms with Crippen molar-refractivity contribution in [1.82, 2.24) is 0 Å². The summed E-state index contributed by atoms with van der Waals surface area (Å²) in [5.41, 5.74) is 1.46. The number of hydrogen-bond donors (Lipinski definition) is 0. The van der Waals surface area contributed by atoms with E-state index in [-0.39, 0.29) is 33.0 Å². The molecular weight excluding hydrogens is 362 g/mol. The third kappa shape index (κ3) is 6.33. The number of aryl methyl sites for hydroxylation is 1. The van der Waals surface area contributed by atoms with Crippen LogP contribution >= 0.6 is 20.2 Å². The van der Waals surface area contributed by atoms with E-state index in [1.807, 2.05) is 25.1 Å². The fourth-order valence-corrected chi connectivity index (χ4v) is 3.75. The molecule has 0 amide bonds. The molecule has 0 saturated carbocycles. The van der Waals surface area contributed by atoms with E-state index in [4.69, 9.17) is 21.1 Å². The van der Waals surface area contributed by atoms with Crippen molar-refractivity contribution in [2.45, 2.75) is 27.2 Å². The SMILES string of the molecule is COc1cccc(Cl)c1C(=O)Pc1ccc(OCCC(C)C)cc1C.[Li]. The third-order valence-electron chi connectivity index (χ3n) is 3.83. The second-order valence-corrected chi connectivity index (χ2v) is 7.93. The minimum absolute atomic E-state index is 0. The van der Waals surface area contributed by atoms with Gasteiger partial charge >= 0.3 is 0 Å². The molecule has 2 aromatic rings. The monoisotopic (exact) mass is 385 g/mol. The molecule has 0 aliphatic carbocycles. The predicted molar refractivity (Wildman–Crippen MR) is 112 cm³/mol. The quantitative estimate of drug-likeness (QED) is 0.481. The Kier molecular flexibility index (Phi) is 9.76. The van der Waals surface area contributed by atoms with Gasteiger partial charge in [0.25, 0.3) is 0 Å². The molecule has 0 aliphatic rings. The molecule has 2 rings (SSSR count). The molecular formula is C20H24ClLiO3P. The van der Waals surface area contributed by atoms with Gasteiger partial charge in [-0.25, -0.2) is 0 Å². The molecule has 0 N–H and O–H groups in total. The molecule has 2 aromatic carbocycles. The Balaban J connectivity index is 0.00000338. The summed E-state index contributed by atoms with van der Waals surface area (Å²) in [6, 6.07) is 11.1. The van der Waals surface area contributed by atoms with E-state index in [0.29, 0.717) is 28.9 Å². The number of hydrogen-bond acceptors (Lipinski definition) is 3. The van der Waals surface area contributed by atoms with Crippen molar-refractivity contribution in [2.75, 3.05) is 13.7 Å². The number of carbonyl (C=O) groups is 1. The molecule has 0 saturated heterocycles. The molecule has 0 spiro atoms. The van der Waals surface area contributed by atoms with Crippen LogP contribution in [0.25, 0.3) is 0 Å². The minimum Gasteiger partial charge on any atom is -0.496 e. The smallest absolute Gasteiger partial charge is 0.190 e. The van der Waals surface area contributed by atoms with Gasteiger partial charge in [0.05, 0.1) is 24.3 Å². The molecule has 135 valence electrons. The average Bonchev–Trinajstić information content (AvgIpc) is 2.56. The Morgan fingerprint density at radius 2 is 1.96 bits per heavy atom. The summed E-state index contributed by atoms with van der Waals surface area (Å²) < 4.78 is 11.1. The molecule has 0 bridgehead atoms. The number of rotatable bonds is 8.